The first-order valence-electron chi connectivity index (χ1n) is 7.09. The van der Waals surface area contributed by atoms with Crippen LogP contribution in [0.4, 0.5) is 0 Å². The third kappa shape index (κ3) is 3.31. The summed E-state index contributed by atoms with van der Waals surface area (Å²) in [5.74, 6) is 0. The number of benzene rings is 2. The minimum Gasteiger partial charge on any atom is -0.307 e. The van der Waals surface area contributed by atoms with E-state index in [4.69, 9.17) is 0 Å². The van der Waals surface area contributed by atoms with E-state index in [2.05, 4.69) is 85.3 Å². The second kappa shape index (κ2) is 6.55. The average Bonchev–Trinajstić information content (AvgIpc) is 2.42. The van der Waals surface area contributed by atoms with Gasteiger partial charge in [0.15, 0.2) is 0 Å². The van der Waals surface area contributed by atoms with E-state index in [1.165, 1.54) is 27.8 Å². The van der Waals surface area contributed by atoms with Gasteiger partial charge < -0.3 is 5.32 Å². The van der Waals surface area contributed by atoms with Crippen LogP contribution in [0.3, 0.4) is 0 Å². The van der Waals surface area contributed by atoms with Crippen molar-refractivity contribution in [2.45, 2.75) is 33.7 Å². The van der Waals surface area contributed by atoms with Crippen molar-refractivity contribution >= 4 is 15.9 Å². The Morgan fingerprint density at radius 3 is 2.15 bits per heavy atom. The van der Waals surface area contributed by atoms with Gasteiger partial charge in [-0.15, -0.1) is 0 Å². The highest BCUT2D eigenvalue weighted by atomic mass is 79.9. The molecule has 1 N–H and O–H groups in total. The van der Waals surface area contributed by atoms with E-state index in [9.17, 15) is 0 Å². The number of hydrogen-bond acceptors (Lipinski definition) is 1. The van der Waals surface area contributed by atoms with Gasteiger partial charge in [0, 0.05) is 4.47 Å². The van der Waals surface area contributed by atoms with E-state index in [1.54, 1.807) is 0 Å². The summed E-state index contributed by atoms with van der Waals surface area (Å²) >= 11 is 3.51. The monoisotopic (exact) mass is 331 g/mol. The Bertz CT molecular complexity index is 587. The van der Waals surface area contributed by atoms with Crippen molar-refractivity contribution < 1.29 is 0 Å². The molecule has 0 saturated heterocycles. The Morgan fingerprint density at radius 1 is 0.950 bits per heavy atom. The van der Waals surface area contributed by atoms with Crippen molar-refractivity contribution in [3.05, 3.63) is 68.7 Å². The van der Waals surface area contributed by atoms with E-state index in [0.29, 0.717) is 0 Å². The fraction of sp³-hybridized carbons (Fsp3) is 0.333. The lowest BCUT2D eigenvalue weighted by Gasteiger charge is -2.22. The van der Waals surface area contributed by atoms with Crippen LogP contribution in [0.25, 0.3) is 0 Å². The van der Waals surface area contributed by atoms with Gasteiger partial charge in [0.05, 0.1) is 6.04 Å². The summed E-state index contributed by atoms with van der Waals surface area (Å²) in [4.78, 5) is 0. The van der Waals surface area contributed by atoms with Gasteiger partial charge in [0.1, 0.15) is 0 Å². The molecule has 2 aromatic carbocycles. The van der Waals surface area contributed by atoms with E-state index in [0.717, 1.165) is 11.0 Å². The molecule has 0 radical (unpaired) electrons. The van der Waals surface area contributed by atoms with Crippen LogP contribution in [0, 0.1) is 20.8 Å². The highest BCUT2D eigenvalue weighted by molar-refractivity contribution is 9.10. The molecule has 2 aromatic rings. The third-order valence-electron chi connectivity index (χ3n) is 3.80. The molecule has 2 rings (SSSR count). The quantitative estimate of drug-likeness (QED) is 0.824. The van der Waals surface area contributed by atoms with Gasteiger partial charge in [-0.2, -0.15) is 0 Å². The fourth-order valence-corrected chi connectivity index (χ4v) is 2.82. The number of aryl methyl sites for hydroxylation is 3. The lowest BCUT2D eigenvalue weighted by Crippen LogP contribution is -2.23. The van der Waals surface area contributed by atoms with Crippen LogP contribution >= 0.6 is 15.9 Å². The molecule has 1 unspecified atom stereocenters. The predicted molar refractivity (Wildman–Crippen MR) is 90.3 cm³/mol. The zero-order valence-electron chi connectivity index (χ0n) is 12.6. The van der Waals surface area contributed by atoms with Crippen LogP contribution in [0.2, 0.25) is 0 Å². The van der Waals surface area contributed by atoms with E-state index < -0.39 is 0 Å². The first-order chi connectivity index (χ1) is 9.52. The van der Waals surface area contributed by atoms with Crippen LogP contribution in [-0.4, -0.2) is 6.54 Å². The number of hydrogen-bond donors (Lipinski definition) is 1. The normalized spacial score (nSPS) is 12.4. The molecule has 0 heterocycles. The predicted octanol–water partition coefficient (Wildman–Crippen LogP) is 5.07. The third-order valence-corrected chi connectivity index (χ3v) is 4.33. The molecule has 106 valence electrons. The molecule has 0 aromatic heterocycles. The largest absolute Gasteiger partial charge is 0.307 e. The summed E-state index contributed by atoms with van der Waals surface area (Å²) in [6.45, 7) is 9.66. The molecule has 1 nitrogen and oxygen atoms in total. The summed E-state index contributed by atoms with van der Waals surface area (Å²) in [6.07, 6.45) is 0. The van der Waals surface area contributed by atoms with Gasteiger partial charge in [-0.05, 0) is 67.3 Å². The van der Waals surface area contributed by atoms with Gasteiger partial charge in [-0.25, -0.2) is 0 Å². The first kappa shape index (κ1) is 15.3. The fourth-order valence-electron chi connectivity index (χ4n) is 2.56. The van der Waals surface area contributed by atoms with Crippen molar-refractivity contribution in [1.29, 1.82) is 0 Å². The summed E-state index contributed by atoms with van der Waals surface area (Å²) in [7, 11) is 0. The van der Waals surface area contributed by atoms with Crippen LogP contribution in [-0.2, 0) is 0 Å². The number of rotatable bonds is 4. The molecular weight excluding hydrogens is 310 g/mol. The second-order valence-corrected chi connectivity index (χ2v) is 6.25. The van der Waals surface area contributed by atoms with Crippen LogP contribution in [0.5, 0.6) is 0 Å². The molecule has 0 aliphatic rings. The molecule has 0 aliphatic carbocycles. The van der Waals surface area contributed by atoms with E-state index in [-0.39, 0.29) is 6.04 Å². The van der Waals surface area contributed by atoms with Gasteiger partial charge in [0.25, 0.3) is 0 Å². The molecule has 0 amide bonds. The van der Waals surface area contributed by atoms with Crippen molar-refractivity contribution in [1.82, 2.24) is 5.32 Å². The molecule has 0 saturated carbocycles. The van der Waals surface area contributed by atoms with Crippen LogP contribution in [0.1, 0.15) is 40.8 Å². The molecule has 20 heavy (non-hydrogen) atoms. The molecule has 0 spiro atoms. The minimum absolute atomic E-state index is 0.257. The van der Waals surface area contributed by atoms with Crippen molar-refractivity contribution in [3.63, 3.8) is 0 Å². The number of nitrogens with one attached hydrogen (secondary N) is 1. The van der Waals surface area contributed by atoms with Gasteiger partial charge >= 0.3 is 0 Å². The minimum atomic E-state index is 0.257. The van der Waals surface area contributed by atoms with Crippen molar-refractivity contribution in [2.24, 2.45) is 0 Å². The Balaban J connectivity index is 2.48. The molecule has 1 atom stereocenters. The Labute approximate surface area is 130 Å². The Hall–Kier alpha value is -1.12. The van der Waals surface area contributed by atoms with Crippen LogP contribution in [0.15, 0.2) is 40.9 Å². The summed E-state index contributed by atoms with van der Waals surface area (Å²) < 4.78 is 1.12. The van der Waals surface area contributed by atoms with E-state index in [1.807, 2.05) is 0 Å². The Kier molecular flexibility index (Phi) is 5.00. The van der Waals surface area contributed by atoms with Crippen molar-refractivity contribution in [3.8, 4) is 0 Å². The standard InChI is InChI=1S/C18H22BrN/c1-5-20-18(15-6-8-16(19)9-7-15)17-11-13(3)12(2)10-14(17)4/h6-11,18,20H,5H2,1-4H3. The lowest BCUT2D eigenvalue weighted by molar-refractivity contribution is 0.627. The zero-order chi connectivity index (χ0) is 14.7. The molecule has 0 bridgehead atoms. The zero-order valence-corrected chi connectivity index (χ0v) is 14.2. The summed E-state index contributed by atoms with van der Waals surface area (Å²) in [5.41, 5.74) is 6.74. The summed E-state index contributed by atoms with van der Waals surface area (Å²) in [6, 6.07) is 13.4. The SMILES string of the molecule is CCNC(c1ccc(Br)cc1)c1cc(C)c(C)cc1C. The highest BCUT2D eigenvalue weighted by Gasteiger charge is 2.16. The molecular formula is C18H22BrN. The number of halogens is 1. The highest BCUT2D eigenvalue weighted by Crippen LogP contribution is 2.28. The molecule has 0 aliphatic heterocycles. The van der Waals surface area contributed by atoms with Crippen LogP contribution < -0.4 is 5.32 Å². The molecule has 0 fully saturated rings. The van der Waals surface area contributed by atoms with Gasteiger partial charge in [0.2, 0.25) is 0 Å². The maximum absolute atomic E-state index is 3.61. The topological polar surface area (TPSA) is 12.0 Å². The van der Waals surface area contributed by atoms with E-state index >= 15 is 0 Å². The average molecular weight is 332 g/mol. The maximum Gasteiger partial charge on any atom is 0.0579 e. The smallest absolute Gasteiger partial charge is 0.0579 e. The first-order valence-corrected chi connectivity index (χ1v) is 7.88. The lowest BCUT2D eigenvalue weighted by atomic mass is 9.91. The summed E-state index contributed by atoms with van der Waals surface area (Å²) in [5, 5.41) is 3.61. The van der Waals surface area contributed by atoms with Crippen molar-refractivity contribution in [2.75, 3.05) is 6.54 Å². The maximum atomic E-state index is 3.61. The van der Waals surface area contributed by atoms with Gasteiger partial charge in [-0.1, -0.05) is 47.1 Å². The second-order valence-electron chi connectivity index (χ2n) is 5.34. The molecule has 2 heteroatoms. The Morgan fingerprint density at radius 2 is 1.55 bits per heavy atom. The van der Waals surface area contributed by atoms with Gasteiger partial charge in [-0.3, -0.25) is 0 Å².